The lowest BCUT2D eigenvalue weighted by molar-refractivity contribution is -0.384. The fraction of sp³-hybridized carbons (Fsp3) is 0.143. The summed E-state index contributed by atoms with van der Waals surface area (Å²) in [6, 6.07) is 11.1. The molecule has 0 amide bonds. The number of rotatable bonds is 5. The maximum absolute atomic E-state index is 12.3. The molecular weight excluding hydrogens is 328 g/mol. The van der Waals surface area contributed by atoms with E-state index in [9.17, 15) is 18.5 Å². The molecule has 0 heterocycles. The molecule has 0 saturated carbocycles. The summed E-state index contributed by atoms with van der Waals surface area (Å²) in [5, 5.41) is 11.0. The quantitative estimate of drug-likeness (QED) is 0.668. The van der Waals surface area contributed by atoms with Crippen molar-refractivity contribution in [2.24, 2.45) is 0 Å². The second-order valence-electron chi connectivity index (χ2n) is 4.62. The number of halogens is 1. The largest absolute Gasteiger partial charge is 0.269 e. The Morgan fingerprint density at radius 1 is 1.14 bits per heavy atom. The van der Waals surface area contributed by atoms with Crippen molar-refractivity contribution in [3.63, 3.8) is 0 Å². The first-order valence-corrected chi connectivity index (χ1v) is 8.18. The SMILES string of the molecule is C[C@H](NS(=O)(=O)c1ccc([N+](=O)[O-])cc1)c1ccccc1Cl. The van der Waals surface area contributed by atoms with Gasteiger partial charge in [0.15, 0.2) is 0 Å². The van der Waals surface area contributed by atoms with E-state index < -0.39 is 21.0 Å². The van der Waals surface area contributed by atoms with Gasteiger partial charge in [-0.3, -0.25) is 10.1 Å². The molecular formula is C14H13ClN2O4S. The molecule has 0 saturated heterocycles. The van der Waals surface area contributed by atoms with E-state index in [0.29, 0.717) is 10.6 Å². The van der Waals surface area contributed by atoms with Crippen molar-refractivity contribution in [1.29, 1.82) is 0 Å². The van der Waals surface area contributed by atoms with E-state index >= 15 is 0 Å². The Bertz CT molecular complexity index is 791. The number of sulfonamides is 1. The number of nitrogens with one attached hydrogen (secondary N) is 1. The zero-order valence-corrected chi connectivity index (χ0v) is 13.1. The highest BCUT2D eigenvalue weighted by atomic mass is 35.5. The van der Waals surface area contributed by atoms with Crippen LogP contribution in [-0.4, -0.2) is 13.3 Å². The molecule has 2 aromatic rings. The fourth-order valence-corrected chi connectivity index (χ4v) is 3.46. The zero-order valence-electron chi connectivity index (χ0n) is 11.6. The van der Waals surface area contributed by atoms with Crippen LogP contribution in [0.25, 0.3) is 0 Å². The number of benzene rings is 2. The average Bonchev–Trinajstić information content (AvgIpc) is 2.47. The standard InChI is InChI=1S/C14H13ClN2O4S/c1-10(13-4-2-3-5-14(13)15)16-22(20,21)12-8-6-11(7-9-12)17(18)19/h2-10,16H,1H3/t10-/m0/s1. The predicted molar refractivity (Wildman–Crippen MR) is 83.3 cm³/mol. The lowest BCUT2D eigenvalue weighted by Crippen LogP contribution is -2.27. The fourth-order valence-electron chi connectivity index (χ4n) is 1.94. The van der Waals surface area contributed by atoms with E-state index in [4.69, 9.17) is 11.6 Å². The average molecular weight is 341 g/mol. The molecule has 2 rings (SSSR count). The van der Waals surface area contributed by atoms with Gasteiger partial charge in [0, 0.05) is 23.2 Å². The third kappa shape index (κ3) is 3.62. The lowest BCUT2D eigenvalue weighted by atomic mass is 10.1. The summed E-state index contributed by atoms with van der Waals surface area (Å²) in [7, 11) is -3.80. The molecule has 0 aromatic heterocycles. The van der Waals surface area contributed by atoms with Crippen molar-refractivity contribution in [1.82, 2.24) is 4.72 Å². The first-order chi connectivity index (χ1) is 10.3. The van der Waals surface area contributed by atoms with Gasteiger partial charge < -0.3 is 0 Å². The second kappa shape index (κ2) is 6.43. The molecule has 0 radical (unpaired) electrons. The minimum atomic E-state index is -3.80. The highest BCUT2D eigenvalue weighted by molar-refractivity contribution is 7.89. The summed E-state index contributed by atoms with van der Waals surface area (Å²) >= 11 is 6.04. The molecule has 0 aliphatic heterocycles. The van der Waals surface area contributed by atoms with Gasteiger partial charge in [0.2, 0.25) is 10.0 Å². The Kier molecular flexibility index (Phi) is 4.80. The number of hydrogen-bond acceptors (Lipinski definition) is 4. The van der Waals surface area contributed by atoms with Gasteiger partial charge in [0.05, 0.1) is 9.82 Å². The third-order valence-corrected chi connectivity index (χ3v) is 4.96. The molecule has 0 aliphatic rings. The monoisotopic (exact) mass is 340 g/mol. The topological polar surface area (TPSA) is 89.3 Å². The van der Waals surface area contributed by atoms with Gasteiger partial charge in [-0.05, 0) is 30.7 Å². The summed E-state index contributed by atoms with van der Waals surface area (Å²) in [6.45, 7) is 1.67. The van der Waals surface area contributed by atoms with Crippen LogP contribution in [0, 0.1) is 10.1 Å². The second-order valence-corrected chi connectivity index (χ2v) is 6.74. The van der Waals surface area contributed by atoms with Crippen LogP contribution in [0.3, 0.4) is 0 Å². The number of nitro groups is 1. The van der Waals surface area contributed by atoms with Crippen molar-refractivity contribution in [3.05, 3.63) is 69.2 Å². The molecule has 0 spiro atoms. The molecule has 1 N–H and O–H groups in total. The number of nitro benzene ring substituents is 1. The Morgan fingerprint density at radius 2 is 1.73 bits per heavy atom. The summed E-state index contributed by atoms with van der Waals surface area (Å²) in [4.78, 5) is 9.96. The molecule has 0 fully saturated rings. The van der Waals surface area contributed by atoms with Gasteiger partial charge in [-0.15, -0.1) is 0 Å². The van der Waals surface area contributed by atoms with Crippen molar-refractivity contribution < 1.29 is 13.3 Å². The third-order valence-electron chi connectivity index (χ3n) is 3.06. The molecule has 6 nitrogen and oxygen atoms in total. The summed E-state index contributed by atoms with van der Waals surface area (Å²) in [5.74, 6) is 0. The normalized spacial score (nSPS) is 12.8. The van der Waals surface area contributed by atoms with Crippen LogP contribution in [0.4, 0.5) is 5.69 Å². The van der Waals surface area contributed by atoms with E-state index in [1.807, 2.05) is 0 Å². The van der Waals surface area contributed by atoms with Crippen LogP contribution in [0.15, 0.2) is 53.4 Å². The summed E-state index contributed by atoms with van der Waals surface area (Å²) in [5.41, 5.74) is 0.479. The van der Waals surface area contributed by atoms with Crippen molar-refractivity contribution in [2.45, 2.75) is 17.9 Å². The van der Waals surface area contributed by atoms with E-state index in [2.05, 4.69) is 4.72 Å². The van der Waals surface area contributed by atoms with E-state index in [1.165, 1.54) is 12.1 Å². The van der Waals surface area contributed by atoms with Crippen molar-refractivity contribution in [2.75, 3.05) is 0 Å². The van der Waals surface area contributed by atoms with Crippen LogP contribution >= 0.6 is 11.6 Å². The van der Waals surface area contributed by atoms with E-state index in [-0.39, 0.29) is 10.6 Å². The molecule has 0 aliphatic carbocycles. The van der Waals surface area contributed by atoms with Crippen LogP contribution in [0.5, 0.6) is 0 Å². The van der Waals surface area contributed by atoms with Crippen LogP contribution < -0.4 is 4.72 Å². The van der Waals surface area contributed by atoms with Gasteiger partial charge in [-0.2, -0.15) is 0 Å². The Morgan fingerprint density at radius 3 is 2.27 bits per heavy atom. The van der Waals surface area contributed by atoms with Gasteiger partial charge in [-0.25, -0.2) is 13.1 Å². The highest BCUT2D eigenvalue weighted by Crippen LogP contribution is 2.24. The van der Waals surface area contributed by atoms with Gasteiger partial charge >= 0.3 is 0 Å². The predicted octanol–water partition coefficient (Wildman–Crippen LogP) is 3.29. The molecule has 22 heavy (non-hydrogen) atoms. The highest BCUT2D eigenvalue weighted by Gasteiger charge is 2.20. The van der Waals surface area contributed by atoms with Crippen molar-refractivity contribution >= 4 is 27.3 Å². The first kappa shape index (κ1) is 16.4. The zero-order chi connectivity index (χ0) is 16.3. The minimum absolute atomic E-state index is 0.0444. The van der Waals surface area contributed by atoms with Gasteiger partial charge in [0.25, 0.3) is 5.69 Å². The van der Waals surface area contributed by atoms with E-state index in [0.717, 1.165) is 12.1 Å². The van der Waals surface area contributed by atoms with Gasteiger partial charge in [-0.1, -0.05) is 29.8 Å². The molecule has 8 heteroatoms. The number of hydrogen-bond donors (Lipinski definition) is 1. The number of nitrogens with zero attached hydrogens (tertiary/aromatic N) is 1. The number of non-ortho nitro benzene ring substituents is 1. The van der Waals surface area contributed by atoms with Crippen LogP contribution in [-0.2, 0) is 10.0 Å². The molecule has 2 aromatic carbocycles. The van der Waals surface area contributed by atoms with Crippen molar-refractivity contribution in [3.8, 4) is 0 Å². The first-order valence-electron chi connectivity index (χ1n) is 6.32. The Balaban J connectivity index is 2.24. The minimum Gasteiger partial charge on any atom is -0.258 e. The van der Waals surface area contributed by atoms with E-state index in [1.54, 1.807) is 31.2 Å². The summed E-state index contributed by atoms with van der Waals surface area (Å²) < 4.78 is 27.1. The smallest absolute Gasteiger partial charge is 0.258 e. The molecule has 116 valence electrons. The molecule has 1 atom stereocenters. The van der Waals surface area contributed by atoms with Crippen LogP contribution in [0.2, 0.25) is 5.02 Å². The maximum Gasteiger partial charge on any atom is 0.269 e. The van der Waals surface area contributed by atoms with Crippen LogP contribution in [0.1, 0.15) is 18.5 Å². The molecule has 0 bridgehead atoms. The van der Waals surface area contributed by atoms with Gasteiger partial charge in [0.1, 0.15) is 0 Å². The maximum atomic E-state index is 12.3. The molecule has 0 unspecified atom stereocenters. The Hall–Kier alpha value is -1.96. The summed E-state index contributed by atoms with van der Waals surface area (Å²) in [6.07, 6.45) is 0. The lowest BCUT2D eigenvalue weighted by Gasteiger charge is -2.15. The Labute approximate surface area is 132 Å².